The van der Waals surface area contributed by atoms with Crippen LogP contribution in [0, 0.1) is 5.92 Å². The summed E-state index contributed by atoms with van der Waals surface area (Å²) in [5.74, 6) is -1.56. The standard InChI is InChI=1S/C20H20ClNO5/c1-26-18-9-14(7-8-17(18)21)15-10-22(11-16(15)19(23)24)20(25)27-12-13-5-3-2-4-6-13/h2-9,15-16H,10-12H2,1H3,(H,23,24). The molecule has 0 spiro atoms. The van der Waals surface area contributed by atoms with Crippen molar-refractivity contribution in [2.45, 2.75) is 12.5 Å². The van der Waals surface area contributed by atoms with E-state index in [-0.39, 0.29) is 25.6 Å². The number of hydrogen-bond donors (Lipinski definition) is 1. The molecule has 1 aliphatic rings. The SMILES string of the molecule is COc1cc(C2CN(C(=O)OCc3ccccc3)CC2C(=O)O)ccc1Cl. The molecular weight excluding hydrogens is 370 g/mol. The number of nitrogens with zero attached hydrogens (tertiary/aromatic N) is 1. The molecule has 0 saturated carbocycles. The van der Waals surface area contributed by atoms with Crippen molar-refractivity contribution in [3.05, 3.63) is 64.7 Å². The van der Waals surface area contributed by atoms with E-state index in [2.05, 4.69) is 0 Å². The Morgan fingerprint density at radius 2 is 1.93 bits per heavy atom. The monoisotopic (exact) mass is 389 g/mol. The van der Waals surface area contributed by atoms with Crippen molar-refractivity contribution in [1.29, 1.82) is 0 Å². The molecule has 1 saturated heterocycles. The van der Waals surface area contributed by atoms with E-state index < -0.39 is 18.0 Å². The Bertz CT molecular complexity index is 826. The smallest absolute Gasteiger partial charge is 0.410 e. The van der Waals surface area contributed by atoms with Gasteiger partial charge in [-0.1, -0.05) is 48.0 Å². The zero-order chi connectivity index (χ0) is 19.4. The highest BCUT2D eigenvalue weighted by Crippen LogP contribution is 2.36. The van der Waals surface area contributed by atoms with E-state index in [1.807, 2.05) is 30.3 Å². The molecule has 6 nitrogen and oxygen atoms in total. The molecule has 0 aliphatic carbocycles. The molecule has 7 heteroatoms. The fourth-order valence-corrected chi connectivity index (χ4v) is 3.45. The van der Waals surface area contributed by atoms with Crippen molar-refractivity contribution >= 4 is 23.7 Å². The minimum absolute atomic E-state index is 0.0958. The first-order valence-corrected chi connectivity index (χ1v) is 8.89. The third-order valence-corrected chi connectivity index (χ3v) is 5.02. The van der Waals surface area contributed by atoms with Crippen molar-refractivity contribution in [3.63, 3.8) is 0 Å². The topological polar surface area (TPSA) is 76.1 Å². The molecule has 2 aromatic carbocycles. The third-order valence-electron chi connectivity index (χ3n) is 4.70. The van der Waals surface area contributed by atoms with Gasteiger partial charge in [0.25, 0.3) is 0 Å². The first kappa shape index (κ1) is 19.0. The number of carboxylic acid groups (broad SMARTS) is 1. The number of likely N-dealkylation sites (tertiary alicyclic amines) is 1. The van der Waals surface area contributed by atoms with Crippen molar-refractivity contribution in [2.75, 3.05) is 20.2 Å². The average molecular weight is 390 g/mol. The van der Waals surface area contributed by atoms with Gasteiger partial charge in [0.05, 0.1) is 18.1 Å². The molecule has 27 heavy (non-hydrogen) atoms. The lowest BCUT2D eigenvalue weighted by Crippen LogP contribution is -2.30. The number of halogens is 1. The van der Waals surface area contributed by atoms with Gasteiger partial charge in [0.2, 0.25) is 0 Å². The Balaban J connectivity index is 1.72. The molecule has 2 aromatic rings. The molecule has 3 rings (SSSR count). The molecule has 1 heterocycles. The van der Waals surface area contributed by atoms with Crippen molar-refractivity contribution in [3.8, 4) is 5.75 Å². The summed E-state index contributed by atoms with van der Waals surface area (Å²) in [4.78, 5) is 25.6. The van der Waals surface area contributed by atoms with E-state index in [0.717, 1.165) is 11.1 Å². The van der Waals surface area contributed by atoms with Gasteiger partial charge in [-0.05, 0) is 23.3 Å². The molecule has 0 bridgehead atoms. The molecular formula is C20H20ClNO5. The zero-order valence-electron chi connectivity index (χ0n) is 14.8. The number of carbonyl (C=O) groups is 2. The largest absolute Gasteiger partial charge is 0.495 e. The first-order valence-electron chi connectivity index (χ1n) is 8.51. The van der Waals surface area contributed by atoms with Gasteiger partial charge in [-0.25, -0.2) is 4.79 Å². The van der Waals surface area contributed by atoms with Crippen molar-refractivity contribution in [2.24, 2.45) is 5.92 Å². The quantitative estimate of drug-likeness (QED) is 0.842. The van der Waals surface area contributed by atoms with Crippen LogP contribution < -0.4 is 4.74 Å². The fraction of sp³-hybridized carbons (Fsp3) is 0.300. The number of amides is 1. The van der Waals surface area contributed by atoms with Gasteiger partial charge >= 0.3 is 12.1 Å². The molecule has 0 radical (unpaired) electrons. The fourth-order valence-electron chi connectivity index (χ4n) is 3.26. The van der Waals surface area contributed by atoms with E-state index in [4.69, 9.17) is 21.1 Å². The Morgan fingerprint density at radius 1 is 1.19 bits per heavy atom. The Labute approximate surface area is 162 Å². The Hall–Kier alpha value is -2.73. The summed E-state index contributed by atoms with van der Waals surface area (Å²) >= 11 is 6.05. The molecule has 1 amide bonds. The van der Waals surface area contributed by atoms with Crippen LogP contribution in [0.25, 0.3) is 0 Å². The van der Waals surface area contributed by atoms with Crippen LogP contribution in [-0.4, -0.2) is 42.3 Å². The van der Waals surface area contributed by atoms with Gasteiger partial charge in [-0.2, -0.15) is 0 Å². The lowest BCUT2D eigenvalue weighted by atomic mass is 9.89. The number of benzene rings is 2. The summed E-state index contributed by atoms with van der Waals surface area (Å²) in [6.45, 7) is 0.501. The zero-order valence-corrected chi connectivity index (χ0v) is 15.6. The summed E-state index contributed by atoms with van der Waals surface area (Å²) in [7, 11) is 1.50. The molecule has 1 fully saturated rings. The summed E-state index contributed by atoms with van der Waals surface area (Å²) in [5.41, 5.74) is 1.64. The Morgan fingerprint density at radius 3 is 2.59 bits per heavy atom. The number of hydrogen-bond acceptors (Lipinski definition) is 4. The highest BCUT2D eigenvalue weighted by Gasteiger charge is 2.41. The van der Waals surface area contributed by atoms with Crippen LogP contribution in [0.15, 0.2) is 48.5 Å². The number of ether oxygens (including phenoxy) is 2. The van der Waals surface area contributed by atoms with Crippen LogP contribution in [0.1, 0.15) is 17.0 Å². The van der Waals surface area contributed by atoms with E-state index in [9.17, 15) is 14.7 Å². The number of carbonyl (C=O) groups excluding carboxylic acids is 1. The van der Waals surface area contributed by atoms with E-state index >= 15 is 0 Å². The highest BCUT2D eigenvalue weighted by molar-refractivity contribution is 6.32. The number of carboxylic acids is 1. The van der Waals surface area contributed by atoms with Crippen LogP contribution >= 0.6 is 11.6 Å². The number of rotatable bonds is 5. The van der Waals surface area contributed by atoms with Crippen LogP contribution in [0.2, 0.25) is 5.02 Å². The van der Waals surface area contributed by atoms with Crippen LogP contribution in [0.4, 0.5) is 4.79 Å². The van der Waals surface area contributed by atoms with Crippen molar-refractivity contribution in [1.82, 2.24) is 4.90 Å². The second-order valence-electron chi connectivity index (χ2n) is 6.39. The van der Waals surface area contributed by atoms with Gasteiger partial charge < -0.3 is 19.5 Å². The van der Waals surface area contributed by atoms with E-state index in [0.29, 0.717) is 10.8 Å². The minimum atomic E-state index is -0.952. The highest BCUT2D eigenvalue weighted by atomic mass is 35.5. The lowest BCUT2D eigenvalue weighted by Gasteiger charge is -2.17. The second-order valence-corrected chi connectivity index (χ2v) is 6.80. The molecule has 0 aromatic heterocycles. The average Bonchev–Trinajstić information content (AvgIpc) is 3.13. The van der Waals surface area contributed by atoms with Gasteiger partial charge in [0.1, 0.15) is 12.4 Å². The maximum Gasteiger partial charge on any atom is 0.410 e. The predicted octanol–water partition coefficient (Wildman–Crippen LogP) is 3.79. The van der Waals surface area contributed by atoms with Gasteiger partial charge in [0.15, 0.2) is 0 Å². The summed E-state index contributed by atoms with van der Waals surface area (Å²) in [6.07, 6.45) is -0.520. The van der Waals surface area contributed by atoms with Gasteiger partial charge in [-0.15, -0.1) is 0 Å². The van der Waals surface area contributed by atoms with Gasteiger partial charge in [-0.3, -0.25) is 4.79 Å². The maximum atomic E-state index is 12.4. The maximum absolute atomic E-state index is 12.4. The van der Waals surface area contributed by atoms with Gasteiger partial charge in [0, 0.05) is 19.0 Å². The minimum Gasteiger partial charge on any atom is -0.495 e. The predicted molar refractivity (Wildman–Crippen MR) is 100 cm³/mol. The van der Waals surface area contributed by atoms with Crippen molar-refractivity contribution < 1.29 is 24.2 Å². The Kier molecular flexibility index (Phi) is 5.86. The van der Waals surface area contributed by atoms with Crippen LogP contribution in [0.3, 0.4) is 0 Å². The first-order chi connectivity index (χ1) is 13.0. The molecule has 2 unspecified atom stereocenters. The summed E-state index contributed by atoms with van der Waals surface area (Å²) < 4.78 is 10.6. The second kappa shape index (κ2) is 8.31. The molecule has 1 aliphatic heterocycles. The van der Waals surface area contributed by atoms with Crippen LogP contribution in [0.5, 0.6) is 5.75 Å². The third kappa shape index (κ3) is 4.34. The van der Waals surface area contributed by atoms with E-state index in [1.54, 1.807) is 18.2 Å². The molecule has 1 N–H and O–H groups in total. The lowest BCUT2D eigenvalue weighted by molar-refractivity contribution is -0.141. The van der Waals surface area contributed by atoms with Crippen LogP contribution in [-0.2, 0) is 16.1 Å². The normalized spacial score (nSPS) is 19.0. The number of methoxy groups -OCH3 is 1. The molecule has 142 valence electrons. The molecule has 2 atom stereocenters. The summed E-state index contributed by atoms with van der Waals surface area (Å²) in [6, 6.07) is 14.5. The summed E-state index contributed by atoms with van der Waals surface area (Å²) in [5, 5.41) is 10.0. The number of aliphatic carboxylic acids is 1. The van der Waals surface area contributed by atoms with E-state index in [1.165, 1.54) is 12.0 Å².